The van der Waals surface area contributed by atoms with E-state index >= 15 is 0 Å². The van der Waals surface area contributed by atoms with Crippen LogP contribution in [0.1, 0.15) is 32.8 Å². The second-order valence-corrected chi connectivity index (χ2v) is 6.17. The molecule has 1 aromatic carbocycles. The second-order valence-electron chi connectivity index (χ2n) is 6.17. The fourth-order valence-corrected chi connectivity index (χ4v) is 1.98. The Labute approximate surface area is 119 Å². The van der Waals surface area contributed by atoms with Crippen LogP contribution in [0.2, 0.25) is 0 Å². The molecule has 0 aliphatic heterocycles. The molecule has 2 atom stereocenters. The fraction of sp³-hybridized carbons (Fsp3) is 0.533. The van der Waals surface area contributed by atoms with Gasteiger partial charge in [-0.3, -0.25) is 0 Å². The van der Waals surface area contributed by atoms with Crippen molar-refractivity contribution in [1.29, 1.82) is 0 Å². The Hall–Kier alpha value is -1.75. The maximum absolute atomic E-state index is 11.6. The van der Waals surface area contributed by atoms with E-state index < -0.39 is 5.60 Å². The van der Waals surface area contributed by atoms with Gasteiger partial charge in [-0.2, -0.15) is 0 Å². The van der Waals surface area contributed by atoms with E-state index in [2.05, 4.69) is 10.6 Å². The first kappa shape index (κ1) is 14.7. The van der Waals surface area contributed by atoms with Gasteiger partial charge in [0, 0.05) is 24.3 Å². The summed E-state index contributed by atoms with van der Waals surface area (Å²) in [4.78, 5) is 11.6. The van der Waals surface area contributed by atoms with Crippen molar-refractivity contribution in [1.82, 2.24) is 10.6 Å². The number of hydrogen-bond donors (Lipinski definition) is 3. The number of carbonyl (C=O) groups is 1. The van der Waals surface area contributed by atoms with Crippen molar-refractivity contribution in [2.75, 3.05) is 5.73 Å². The minimum atomic E-state index is -0.458. The Morgan fingerprint density at radius 2 is 2.05 bits per heavy atom. The van der Waals surface area contributed by atoms with Crippen LogP contribution in [0.15, 0.2) is 24.3 Å². The molecule has 0 aromatic heterocycles. The molecule has 20 heavy (non-hydrogen) atoms. The van der Waals surface area contributed by atoms with Gasteiger partial charge in [0.15, 0.2) is 0 Å². The third kappa shape index (κ3) is 4.42. The van der Waals surface area contributed by atoms with Crippen molar-refractivity contribution < 1.29 is 9.53 Å². The lowest BCUT2D eigenvalue weighted by Crippen LogP contribution is -2.36. The molecule has 1 amide bonds. The van der Waals surface area contributed by atoms with Gasteiger partial charge in [-0.05, 0) is 38.8 Å². The van der Waals surface area contributed by atoms with Gasteiger partial charge in [-0.15, -0.1) is 0 Å². The predicted octanol–water partition coefficient (Wildman–Crippen LogP) is 2.02. The first-order chi connectivity index (χ1) is 9.35. The highest BCUT2D eigenvalue weighted by atomic mass is 16.6. The summed E-state index contributed by atoms with van der Waals surface area (Å²) in [6.45, 7) is 6.28. The lowest BCUT2D eigenvalue weighted by molar-refractivity contribution is 0.0522. The van der Waals surface area contributed by atoms with Crippen molar-refractivity contribution in [2.45, 2.75) is 51.4 Å². The molecule has 0 heterocycles. The summed E-state index contributed by atoms with van der Waals surface area (Å²) in [5.74, 6) is 0. The van der Waals surface area contributed by atoms with Crippen LogP contribution >= 0.6 is 0 Å². The first-order valence-electron chi connectivity index (χ1n) is 6.91. The summed E-state index contributed by atoms with van der Waals surface area (Å²) in [5.41, 5.74) is 7.29. The van der Waals surface area contributed by atoms with Crippen LogP contribution in [0.3, 0.4) is 0 Å². The molecule has 5 nitrogen and oxygen atoms in total. The number of para-hydroxylation sites is 1. The zero-order chi connectivity index (χ0) is 14.8. The minimum Gasteiger partial charge on any atom is -0.444 e. The van der Waals surface area contributed by atoms with Crippen LogP contribution in [0.4, 0.5) is 10.5 Å². The molecular formula is C15H23N3O2. The summed E-state index contributed by atoms with van der Waals surface area (Å²) < 4.78 is 5.22. The summed E-state index contributed by atoms with van der Waals surface area (Å²) in [6.07, 6.45) is 0.567. The molecule has 0 bridgehead atoms. The quantitative estimate of drug-likeness (QED) is 0.736. The Kier molecular flexibility index (Phi) is 4.18. The highest BCUT2D eigenvalue weighted by Gasteiger charge is 2.38. The standard InChI is InChI=1S/C15H23N3O2/c1-15(2,3)20-14(19)18-13-8-12(13)17-9-10-6-4-5-7-11(10)16/h4-7,12-13,17H,8-9,16H2,1-3H3,(H,18,19). The number of hydrogen-bond acceptors (Lipinski definition) is 4. The van der Waals surface area contributed by atoms with E-state index in [1.807, 2.05) is 45.0 Å². The average Bonchev–Trinajstić information content (AvgIpc) is 3.03. The summed E-state index contributed by atoms with van der Waals surface area (Å²) in [5, 5.41) is 6.24. The van der Waals surface area contributed by atoms with Crippen molar-refractivity contribution in [3.05, 3.63) is 29.8 Å². The monoisotopic (exact) mass is 277 g/mol. The Morgan fingerprint density at radius 1 is 1.35 bits per heavy atom. The number of ether oxygens (including phenoxy) is 1. The molecule has 0 radical (unpaired) electrons. The number of benzene rings is 1. The third-order valence-electron chi connectivity index (χ3n) is 3.10. The SMILES string of the molecule is CC(C)(C)OC(=O)NC1CC1NCc1ccccc1N. The molecular weight excluding hydrogens is 254 g/mol. The largest absolute Gasteiger partial charge is 0.444 e. The smallest absolute Gasteiger partial charge is 0.407 e. The Morgan fingerprint density at radius 3 is 2.70 bits per heavy atom. The fourth-order valence-electron chi connectivity index (χ4n) is 1.98. The number of nitrogens with two attached hydrogens (primary N) is 1. The number of nitrogen functional groups attached to an aromatic ring is 1. The van der Waals surface area contributed by atoms with Gasteiger partial charge < -0.3 is 21.1 Å². The summed E-state index contributed by atoms with van der Waals surface area (Å²) in [6, 6.07) is 8.22. The van der Waals surface area contributed by atoms with Crippen molar-refractivity contribution in [3.63, 3.8) is 0 Å². The van der Waals surface area contributed by atoms with Gasteiger partial charge in [-0.25, -0.2) is 4.79 Å². The van der Waals surface area contributed by atoms with Crippen LogP contribution < -0.4 is 16.4 Å². The molecule has 1 aliphatic rings. The maximum Gasteiger partial charge on any atom is 0.407 e. The number of anilines is 1. The van der Waals surface area contributed by atoms with Gasteiger partial charge >= 0.3 is 6.09 Å². The van der Waals surface area contributed by atoms with Crippen LogP contribution in [0, 0.1) is 0 Å². The van der Waals surface area contributed by atoms with Crippen LogP contribution in [0.5, 0.6) is 0 Å². The summed E-state index contributed by atoms with van der Waals surface area (Å²) in [7, 11) is 0. The highest BCUT2D eigenvalue weighted by Crippen LogP contribution is 2.23. The predicted molar refractivity (Wildman–Crippen MR) is 79.3 cm³/mol. The minimum absolute atomic E-state index is 0.148. The lowest BCUT2D eigenvalue weighted by Gasteiger charge is -2.19. The van der Waals surface area contributed by atoms with Gasteiger partial charge in [0.1, 0.15) is 5.60 Å². The van der Waals surface area contributed by atoms with Gasteiger partial charge in [0.05, 0.1) is 0 Å². The molecule has 1 fully saturated rings. The van der Waals surface area contributed by atoms with Crippen LogP contribution in [-0.4, -0.2) is 23.8 Å². The van der Waals surface area contributed by atoms with E-state index in [9.17, 15) is 4.79 Å². The molecule has 0 saturated heterocycles. The second kappa shape index (κ2) is 5.71. The zero-order valence-corrected chi connectivity index (χ0v) is 12.3. The summed E-state index contributed by atoms with van der Waals surface area (Å²) >= 11 is 0. The molecule has 1 aromatic rings. The van der Waals surface area contributed by atoms with E-state index in [1.54, 1.807) is 0 Å². The Bertz CT molecular complexity index is 482. The topological polar surface area (TPSA) is 76.4 Å². The Balaban J connectivity index is 1.71. The number of alkyl carbamates (subject to hydrolysis) is 1. The van der Waals surface area contributed by atoms with E-state index in [0.29, 0.717) is 12.6 Å². The molecule has 1 aliphatic carbocycles. The number of carbonyl (C=O) groups excluding carboxylic acids is 1. The zero-order valence-electron chi connectivity index (χ0n) is 12.3. The number of amides is 1. The van der Waals surface area contributed by atoms with Gasteiger partial charge in [0.2, 0.25) is 0 Å². The van der Waals surface area contributed by atoms with E-state index in [0.717, 1.165) is 17.7 Å². The van der Waals surface area contributed by atoms with E-state index in [1.165, 1.54) is 0 Å². The molecule has 4 N–H and O–H groups in total. The molecule has 0 spiro atoms. The van der Waals surface area contributed by atoms with Gasteiger partial charge in [-0.1, -0.05) is 18.2 Å². The van der Waals surface area contributed by atoms with Crippen LogP contribution in [0.25, 0.3) is 0 Å². The molecule has 2 unspecified atom stereocenters. The number of rotatable bonds is 4. The molecule has 5 heteroatoms. The highest BCUT2D eigenvalue weighted by molar-refractivity contribution is 5.68. The van der Waals surface area contributed by atoms with E-state index in [4.69, 9.17) is 10.5 Å². The van der Waals surface area contributed by atoms with Crippen molar-refractivity contribution in [2.24, 2.45) is 0 Å². The van der Waals surface area contributed by atoms with E-state index in [-0.39, 0.29) is 12.1 Å². The molecule has 1 saturated carbocycles. The van der Waals surface area contributed by atoms with Crippen LogP contribution in [-0.2, 0) is 11.3 Å². The van der Waals surface area contributed by atoms with Crippen molar-refractivity contribution >= 4 is 11.8 Å². The normalized spacial score (nSPS) is 21.4. The maximum atomic E-state index is 11.6. The molecule has 110 valence electrons. The van der Waals surface area contributed by atoms with Gasteiger partial charge in [0.25, 0.3) is 0 Å². The average molecular weight is 277 g/mol. The third-order valence-corrected chi connectivity index (χ3v) is 3.10. The van der Waals surface area contributed by atoms with Crippen molar-refractivity contribution in [3.8, 4) is 0 Å². The lowest BCUT2D eigenvalue weighted by atomic mass is 10.2. The first-order valence-corrected chi connectivity index (χ1v) is 6.91. The number of nitrogens with one attached hydrogen (secondary N) is 2. The molecule has 2 rings (SSSR count).